The Morgan fingerprint density at radius 1 is 1.33 bits per heavy atom. The minimum absolute atomic E-state index is 0.0597. The maximum atomic E-state index is 13.4. The van der Waals surface area contributed by atoms with Crippen LogP contribution in [0.4, 0.5) is 17.6 Å². The Hall–Kier alpha value is -0.580. The van der Waals surface area contributed by atoms with Crippen LogP contribution in [0.1, 0.15) is 18.1 Å². The van der Waals surface area contributed by atoms with Crippen LogP contribution in [0, 0.1) is 5.82 Å². The van der Waals surface area contributed by atoms with Crippen LogP contribution in [0.5, 0.6) is 0 Å². The third-order valence-electron chi connectivity index (χ3n) is 1.89. The van der Waals surface area contributed by atoms with Crippen molar-refractivity contribution in [2.75, 3.05) is 0 Å². The largest absolute Gasteiger partial charge is 0.419 e. The Morgan fingerprint density at radius 3 is 2.40 bits per heavy atom. The van der Waals surface area contributed by atoms with Crippen molar-refractivity contribution < 1.29 is 17.6 Å². The van der Waals surface area contributed by atoms with E-state index in [1.165, 1.54) is 12.1 Å². The topological polar surface area (TPSA) is 0 Å². The molecule has 0 radical (unpaired) electrons. The number of hydrogen-bond acceptors (Lipinski definition) is 0. The first-order valence-electron chi connectivity index (χ1n) is 4.31. The highest BCUT2D eigenvalue weighted by Crippen LogP contribution is 2.32. The average Bonchev–Trinajstić information content (AvgIpc) is 2.05. The van der Waals surface area contributed by atoms with E-state index in [-0.39, 0.29) is 16.8 Å². The number of rotatable bonds is 2. The second kappa shape index (κ2) is 4.51. The monoisotopic (exact) mass is 284 g/mol. The molecule has 0 heterocycles. The summed E-state index contributed by atoms with van der Waals surface area (Å²) in [6.45, 7) is 1.75. The van der Waals surface area contributed by atoms with E-state index in [0.717, 1.165) is 6.07 Å². The maximum Gasteiger partial charge on any atom is 0.419 e. The van der Waals surface area contributed by atoms with E-state index in [9.17, 15) is 17.6 Å². The summed E-state index contributed by atoms with van der Waals surface area (Å²) in [5, 5.41) is 0. The summed E-state index contributed by atoms with van der Waals surface area (Å²) in [5.41, 5.74) is -1.12. The van der Waals surface area contributed by atoms with E-state index in [2.05, 4.69) is 15.9 Å². The highest BCUT2D eigenvalue weighted by molar-refractivity contribution is 9.09. The van der Waals surface area contributed by atoms with Crippen molar-refractivity contribution in [1.82, 2.24) is 0 Å². The Morgan fingerprint density at radius 2 is 1.93 bits per heavy atom. The van der Waals surface area contributed by atoms with Gasteiger partial charge in [0.1, 0.15) is 5.82 Å². The minimum Gasteiger partial charge on any atom is -0.206 e. The predicted octanol–water partition coefficient (Wildman–Crippen LogP) is 4.17. The Balaban J connectivity index is 3.12. The summed E-state index contributed by atoms with van der Waals surface area (Å²) in [6, 6.07) is 3.33. The van der Waals surface area contributed by atoms with Crippen LogP contribution in [0.15, 0.2) is 18.2 Å². The van der Waals surface area contributed by atoms with Crippen LogP contribution in [-0.4, -0.2) is 4.83 Å². The van der Waals surface area contributed by atoms with Gasteiger partial charge in [0.05, 0.1) is 5.56 Å². The third-order valence-corrected chi connectivity index (χ3v) is 2.21. The van der Waals surface area contributed by atoms with E-state index >= 15 is 0 Å². The molecule has 0 aliphatic carbocycles. The van der Waals surface area contributed by atoms with Crippen molar-refractivity contribution in [3.63, 3.8) is 0 Å². The van der Waals surface area contributed by atoms with Gasteiger partial charge >= 0.3 is 6.18 Å². The van der Waals surface area contributed by atoms with Gasteiger partial charge in [-0.05, 0) is 18.1 Å². The fraction of sp³-hybridized carbons (Fsp3) is 0.400. The quantitative estimate of drug-likeness (QED) is 0.565. The van der Waals surface area contributed by atoms with E-state index in [0.29, 0.717) is 0 Å². The Kier molecular flexibility index (Phi) is 3.76. The Labute approximate surface area is 93.4 Å². The molecular formula is C10H9BrF4. The lowest BCUT2D eigenvalue weighted by molar-refractivity contribution is -0.140. The molecular weight excluding hydrogens is 276 g/mol. The standard InChI is InChI=1S/C10H9BrF4/c1-6(11)5-7-3-2-4-8(9(7)12)10(13,14)15/h2-4,6H,5H2,1H3. The summed E-state index contributed by atoms with van der Waals surface area (Å²) in [5.74, 6) is -1.17. The fourth-order valence-electron chi connectivity index (χ4n) is 1.26. The molecule has 0 aliphatic rings. The lowest BCUT2D eigenvalue weighted by atomic mass is 10.1. The number of hydrogen-bond donors (Lipinski definition) is 0. The molecule has 15 heavy (non-hydrogen) atoms. The van der Waals surface area contributed by atoms with E-state index in [4.69, 9.17) is 0 Å². The van der Waals surface area contributed by atoms with Crippen molar-refractivity contribution in [1.29, 1.82) is 0 Å². The van der Waals surface area contributed by atoms with Crippen molar-refractivity contribution in [2.24, 2.45) is 0 Å². The number of alkyl halides is 4. The number of halogens is 5. The molecule has 1 rings (SSSR count). The second-order valence-corrected chi connectivity index (χ2v) is 4.82. The molecule has 1 atom stereocenters. The van der Waals surface area contributed by atoms with Crippen molar-refractivity contribution in [3.8, 4) is 0 Å². The molecule has 1 aromatic rings. The van der Waals surface area contributed by atoms with Gasteiger partial charge in [-0.1, -0.05) is 35.0 Å². The summed E-state index contributed by atoms with van der Waals surface area (Å²) in [6.07, 6.45) is -4.40. The molecule has 1 aromatic carbocycles. The lowest BCUT2D eigenvalue weighted by Gasteiger charge is -2.11. The molecule has 0 nitrogen and oxygen atoms in total. The maximum absolute atomic E-state index is 13.4. The van der Waals surface area contributed by atoms with Crippen LogP contribution in [0.2, 0.25) is 0 Å². The molecule has 0 aliphatic heterocycles. The van der Waals surface area contributed by atoms with Gasteiger partial charge in [-0.15, -0.1) is 0 Å². The van der Waals surface area contributed by atoms with Crippen molar-refractivity contribution in [3.05, 3.63) is 35.1 Å². The molecule has 0 N–H and O–H groups in total. The van der Waals surface area contributed by atoms with Gasteiger partial charge < -0.3 is 0 Å². The summed E-state index contributed by atoms with van der Waals surface area (Å²) in [4.78, 5) is -0.0597. The van der Waals surface area contributed by atoms with Gasteiger partial charge in [-0.3, -0.25) is 0 Å². The van der Waals surface area contributed by atoms with Crippen molar-refractivity contribution >= 4 is 15.9 Å². The van der Waals surface area contributed by atoms with Crippen LogP contribution in [-0.2, 0) is 12.6 Å². The highest BCUT2D eigenvalue weighted by atomic mass is 79.9. The van der Waals surface area contributed by atoms with Gasteiger partial charge in [0.15, 0.2) is 0 Å². The van der Waals surface area contributed by atoms with E-state index < -0.39 is 17.6 Å². The van der Waals surface area contributed by atoms with Crippen LogP contribution in [0.3, 0.4) is 0 Å². The zero-order valence-electron chi connectivity index (χ0n) is 7.91. The number of benzene rings is 1. The molecule has 0 bridgehead atoms. The van der Waals surface area contributed by atoms with Gasteiger partial charge in [-0.2, -0.15) is 13.2 Å². The zero-order valence-corrected chi connectivity index (χ0v) is 9.49. The van der Waals surface area contributed by atoms with Crippen LogP contribution in [0.25, 0.3) is 0 Å². The molecule has 5 heteroatoms. The molecule has 0 saturated carbocycles. The molecule has 0 spiro atoms. The normalized spacial score (nSPS) is 14.0. The van der Waals surface area contributed by atoms with E-state index in [1.807, 2.05) is 0 Å². The average molecular weight is 285 g/mol. The second-order valence-electron chi connectivity index (χ2n) is 3.26. The smallest absolute Gasteiger partial charge is 0.206 e. The first-order chi connectivity index (χ1) is 6.82. The molecule has 0 fully saturated rings. The molecule has 0 amide bonds. The molecule has 1 unspecified atom stereocenters. The third kappa shape index (κ3) is 3.19. The summed E-state index contributed by atoms with van der Waals surface area (Å²) >= 11 is 3.17. The predicted molar refractivity (Wildman–Crippen MR) is 53.5 cm³/mol. The minimum atomic E-state index is -4.63. The van der Waals surface area contributed by atoms with Crippen molar-refractivity contribution in [2.45, 2.75) is 24.3 Å². The van der Waals surface area contributed by atoms with Crippen LogP contribution >= 0.6 is 15.9 Å². The van der Waals surface area contributed by atoms with Gasteiger partial charge in [0.2, 0.25) is 0 Å². The summed E-state index contributed by atoms with van der Waals surface area (Å²) in [7, 11) is 0. The first kappa shape index (κ1) is 12.5. The zero-order chi connectivity index (χ0) is 11.6. The fourth-order valence-corrected chi connectivity index (χ4v) is 1.61. The molecule has 0 aromatic heterocycles. The van der Waals surface area contributed by atoms with Gasteiger partial charge in [0.25, 0.3) is 0 Å². The first-order valence-corrected chi connectivity index (χ1v) is 5.22. The molecule has 84 valence electrons. The molecule has 0 saturated heterocycles. The van der Waals surface area contributed by atoms with Gasteiger partial charge in [-0.25, -0.2) is 4.39 Å². The highest BCUT2D eigenvalue weighted by Gasteiger charge is 2.34. The van der Waals surface area contributed by atoms with E-state index in [1.54, 1.807) is 6.92 Å². The Bertz CT molecular complexity index is 344. The summed E-state index contributed by atoms with van der Waals surface area (Å²) < 4.78 is 50.3. The SMILES string of the molecule is CC(Br)Cc1cccc(C(F)(F)F)c1F. The lowest BCUT2D eigenvalue weighted by Crippen LogP contribution is -2.11. The van der Waals surface area contributed by atoms with Gasteiger partial charge in [0, 0.05) is 4.83 Å². The van der Waals surface area contributed by atoms with Crippen LogP contribution < -0.4 is 0 Å².